The minimum absolute atomic E-state index is 0.0214. The van der Waals surface area contributed by atoms with Crippen LogP contribution >= 0.6 is 0 Å². The van der Waals surface area contributed by atoms with Gasteiger partial charge in [-0.2, -0.15) is 0 Å². The molecule has 0 bridgehead atoms. The number of rotatable bonds is 3. The molecular weight excluding hydrogens is 136 g/mol. The molecule has 0 aliphatic heterocycles. The Morgan fingerprint density at radius 2 is 2.30 bits per heavy atom. The zero-order chi connectivity index (χ0) is 7.98. The second-order valence-electron chi connectivity index (χ2n) is 1.67. The predicted molar refractivity (Wildman–Crippen MR) is 35.3 cm³/mol. The van der Waals surface area contributed by atoms with E-state index in [0.717, 1.165) is 6.42 Å². The molecule has 0 aliphatic rings. The molecule has 0 saturated carbocycles. The van der Waals surface area contributed by atoms with E-state index in [-0.39, 0.29) is 11.3 Å². The Bertz CT molecular complexity index is 114. The molecule has 0 atom stereocenters. The zero-order valence-electron chi connectivity index (χ0n) is 5.78. The topological polar surface area (TPSA) is 94.1 Å². The van der Waals surface area contributed by atoms with Gasteiger partial charge in [0.2, 0.25) is 5.96 Å². The first-order valence-electron chi connectivity index (χ1n) is 2.91. The first kappa shape index (κ1) is 9.15. The Morgan fingerprint density at radius 1 is 1.70 bits per heavy atom. The van der Waals surface area contributed by atoms with E-state index in [2.05, 4.69) is 4.99 Å². The van der Waals surface area contributed by atoms with Crippen molar-refractivity contribution < 1.29 is 10.4 Å². The normalized spacial score (nSPS) is 12.2. The molecule has 0 aromatic rings. The SMILES string of the molecule is CCCN=C(N)NN(O)O. The van der Waals surface area contributed by atoms with Crippen molar-refractivity contribution in [2.75, 3.05) is 6.54 Å². The molecule has 6 nitrogen and oxygen atoms in total. The number of hydrazine groups is 1. The van der Waals surface area contributed by atoms with Gasteiger partial charge in [-0.25, -0.2) is 5.43 Å². The van der Waals surface area contributed by atoms with Crippen LogP contribution < -0.4 is 11.2 Å². The summed E-state index contributed by atoms with van der Waals surface area (Å²) in [6, 6.07) is 0. The van der Waals surface area contributed by atoms with Crippen molar-refractivity contribution in [3.8, 4) is 0 Å². The lowest BCUT2D eigenvalue weighted by Gasteiger charge is -2.06. The third kappa shape index (κ3) is 5.29. The fourth-order valence-electron chi connectivity index (χ4n) is 0.370. The minimum Gasteiger partial charge on any atom is -0.369 e. The first-order valence-corrected chi connectivity index (χ1v) is 2.91. The molecule has 0 rings (SSSR count). The molecule has 0 aromatic carbocycles. The van der Waals surface area contributed by atoms with Crippen molar-refractivity contribution >= 4 is 5.96 Å². The first-order chi connectivity index (χ1) is 4.66. The summed E-state index contributed by atoms with van der Waals surface area (Å²) in [5.74, 6) is -0.0214. The summed E-state index contributed by atoms with van der Waals surface area (Å²) in [7, 11) is 0. The zero-order valence-corrected chi connectivity index (χ0v) is 5.78. The quantitative estimate of drug-likeness (QED) is 0.241. The highest BCUT2D eigenvalue weighted by molar-refractivity contribution is 5.76. The third-order valence-corrected chi connectivity index (χ3v) is 0.720. The molecule has 0 spiro atoms. The van der Waals surface area contributed by atoms with Crippen LogP contribution in [0.25, 0.3) is 0 Å². The van der Waals surface area contributed by atoms with Crippen LogP contribution in [0, 0.1) is 0 Å². The average Bonchev–Trinajstić information content (AvgIpc) is 1.82. The van der Waals surface area contributed by atoms with Gasteiger partial charge in [0.15, 0.2) is 0 Å². The summed E-state index contributed by atoms with van der Waals surface area (Å²) in [6.45, 7) is 2.50. The standard InChI is InChI=1S/C4H12N4O2/c1-2-3-6-4(5)7-8(9)10/h9-10H,2-3H2,1H3,(H3,5,6,7). The van der Waals surface area contributed by atoms with Crippen LogP contribution in [0.5, 0.6) is 0 Å². The van der Waals surface area contributed by atoms with E-state index in [1.807, 2.05) is 12.3 Å². The molecule has 60 valence electrons. The molecule has 6 heteroatoms. The van der Waals surface area contributed by atoms with E-state index in [0.29, 0.717) is 6.54 Å². The minimum atomic E-state index is -0.242. The van der Waals surface area contributed by atoms with Gasteiger partial charge in [0.05, 0.1) is 0 Å². The van der Waals surface area contributed by atoms with Crippen molar-refractivity contribution in [1.29, 1.82) is 0 Å². The van der Waals surface area contributed by atoms with Crippen LogP contribution in [-0.4, -0.2) is 28.3 Å². The van der Waals surface area contributed by atoms with Crippen molar-refractivity contribution in [3.63, 3.8) is 0 Å². The van der Waals surface area contributed by atoms with E-state index in [4.69, 9.17) is 16.1 Å². The smallest absolute Gasteiger partial charge is 0.207 e. The maximum atomic E-state index is 8.14. The van der Waals surface area contributed by atoms with Crippen LogP contribution in [-0.2, 0) is 0 Å². The molecular formula is C4H12N4O2. The van der Waals surface area contributed by atoms with E-state index in [1.54, 1.807) is 0 Å². The largest absolute Gasteiger partial charge is 0.369 e. The average molecular weight is 148 g/mol. The molecule has 0 amide bonds. The fraction of sp³-hybridized carbons (Fsp3) is 0.750. The van der Waals surface area contributed by atoms with E-state index in [9.17, 15) is 0 Å². The molecule has 0 heterocycles. The van der Waals surface area contributed by atoms with Crippen molar-refractivity contribution in [1.82, 2.24) is 10.8 Å². The van der Waals surface area contributed by atoms with Gasteiger partial charge in [0.25, 0.3) is 0 Å². The third-order valence-electron chi connectivity index (χ3n) is 0.720. The summed E-state index contributed by atoms with van der Waals surface area (Å²) in [5.41, 5.74) is 7.09. The van der Waals surface area contributed by atoms with Crippen LogP contribution in [0.4, 0.5) is 0 Å². The van der Waals surface area contributed by atoms with Gasteiger partial charge in [-0.3, -0.25) is 15.4 Å². The van der Waals surface area contributed by atoms with Crippen LogP contribution in [0.3, 0.4) is 0 Å². The molecule has 0 fully saturated rings. The van der Waals surface area contributed by atoms with E-state index >= 15 is 0 Å². The fourth-order valence-corrected chi connectivity index (χ4v) is 0.370. The van der Waals surface area contributed by atoms with Gasteiger partial charge in [0.1, 0.15) is 0 Å². The Morgan fingerprint density at radius 3 is 2.70 bits per heavy atom. The summed E-state index contributed by atoms with van der Waals surface area (Å²) in [4.78, 5) is 3.70. The van der Waals surface area contributed by atoms with Gasteiger partial charge in [-0.05, 0) is 6.42 Å². The Kier molecular flexibility index (Phi) is 4.55. The van der Waals surface area contributed by atoms with Crippen molar-refractivity contribution in [2.24, 2.45) is 10.7 Å². The van der Waals surface area contributed by atoms with Gasteiger partial charge < -0.3 is 5.73 Å². The highest BCUT2D eigenvalue weighted by Crippen LogP contribution is 1.75. The Balaban J connectivity index is 3.49. The Labute approximate surface area is 58.8 Å². The Hall–Kier alpha value is -0.850. The molecule has 0 unspecified atom stereocenters. The molecule has 5 N–H and O–H groups in total. The summed E-state index contributed by atoms with van der Waals surface area (Å²) in [5, 5.41) is 16.0. The number of hydrogen-bond acceptors (Lipinski definition) is 4. The lowest BCUT2D eigenvalue weighted by atomic mass is 10.5. The highest BCUT2D eigenvalue weighted by atomic mass is 16.8. The number of hydrogen-bond donors (Lipinski definition) is 4. The molecule has 10 heavy (non-hydrogen) atoms. The molecule has 0 radical (unpaired) electrons. The maximum absolute atomic E-state index is 8.14. The predicted octanol–water partition coefficient (Wildman–Crippen LogP) is -0.704. The van der Waals surface area contributed by atoms with Gasteiger partial charge >= 0.3 is 0 Å². The van der Waals surface area contributed by atoms with E-state index in [1.165, 1.54) is 0 Å². The van der Waals surface area contributed by atoms with Crippen molar-refractivity contribution in [2.45, 2.75) is 13.3 Å². The lowest BCUT2D eigenvalue weighted by Crippen LogP contribution is -2.42. The summed E-state index contributed by atoms with van der Waals surface area (Å²) >= 11 is 0. The summed E-state index contributed by atoms with van der Waals surface area (Å²) in [6.07, 6.45) is 0.860. The monoisotopic (exact) mass is 148 g/mol. The lowest BCUT2D eigenvalue weighted by molar-refractivity contribution is -0.329. The van der Waals surface area contributed by atoms with Crippen LogP contribution in [0.15, 0.2) is 4.99 Å². The molecule has 0 aromatic heterocycles. The number of nitrogens with one attached hydrogen (secondary N) is 1. The number of aliphatic imine (C=N–C) groups is 1. The second kappa shape index (κ2) is 4.98. The van der Waals surface area contributed by atoms with Crippen LogP contribution in [0.1, 0.15) is 13.3 Å². The van der Waals surface area contributed by atoms with Gasteiger partial charge in [-0.15, -0.1) is 0 Å². The molecule has 0 saturated heterocycles. The maximum Gasteiger partial charge on any atom is 0.207 e. The number of nitrogens with zero attached hydrogens (tertiary/aromatic N) is 2. The second-order valence-corrected chi connectivity index (χ2v) is 1.67. The number of nitrogens with two attached hydrogens (primary N) is 1. The van der Waals surface area contributed by atoms with Gasteiger partial charge in [-0.1, -0.05) is 6.92 Å². The van der Waals surface area contributed by atoms with E-state index < -0.39 is 0 Å². The van der Waals surface area contributed by atoms with Gasteiger partial charge in [0, 0.05) is 11.9 Å². The van der Waals surface area contributed by atoms with Crippen molar-refractivity contribution in [3.05, 3.63) is 0 Å². The number of guanidine groups is 1. The van der Waals surface area contributed by atoms with Crippen LogP contribution in [0.2, 0.25) is 0 Å². The molecule has 0 aliphatic carbocycles. The highest BCUT2D eigenvalue weighted by Gasteiger charge is 1.92. The summed E-state index contributed by atoms with van der Waals surface area (Å²) < 4.78 is 0.